The van der Waals surface area contributed by atoms with Crippen molar-refractivity contribution >= 4 is 5.91 Å². The number of carbonyl (C=O) groups excluding carboxylic acids is 1. The van der Waals surface area contributed by atoms with E-state index < -0.39 is 0 Å². The smallest absolute Gasteiger partial charge is 0.257 e. The summed E-state index contributed by atoms with van der Waals surface area (Å²) in [5.41, 5.74) is 2.53. The van der Waals surface area contributed by atoms with Crippen molar-refractivity contribution < 1.29 is 9.90 Å². The van der Waals surface area contributed by atoms with Gasteiger partial charge in [-0.25, -0.2) is 0 Å². The Morgan fingerprint density at radius 2 is 1.97 bits per heavy atom. The summed E-state index contributed by atoms with van der Waals surface area (Å²) in [6.07, 6.45) is 7.48. The Morgan fingerprint density at radius 1 is 1.17 bits per heavy atom. The van der Waals surface area contributed by atoms with E-state index in [0.29, 0.717) is 29.5 Å². The Labute approximate surface area is 178 Å². The van der Waals surface area contributed by atoms with Crippen LogP contribution < -0.4 is 0 Å². The lowest BCUT2D eigenvalue weighted by molar-refractivity contribution is -0.0642. The highest BCUT2D eigenvalue weighted by Gasteiger charge is 2.47. The maximum Gasteiger partial charge on any atom is 0.257 e. The van der Waals surface area contributed by atoms with Gasteiger partial charge in [0.05, 0.1) is 11.8 Å². The van der Waals surface area contributed by atoms with Gasteiger partial charge in [-0.1, -0.05) is 36.8 Å². The zero-order valence-electron chi connectivity index (χ0n) is 17.7. The van der Waals surface area contributed by atoms with E-state index in [-0.39, 0.29) is 11.7 Å². The van der Waals surface area contributed by atoms with Gasteiger partial charge >= 0.3 is 0 Å². The summed E-state index contributed by atoms with van der Waals surface area (Å²) in [6.45, 7) is 4.62. The van der Waals surface area contributed by atoms with E-state index in [1.807, 2.05) is 11.8 Å². The SMILES string of the molecule is Cc1cc(C(=O)N2C[C@H]3C[C@@H](C2)[C@H](Cc2ccccc2)N2CCCC[C@@H]32)c(O)cn1. The number of fused-ring (bicyclic) bond motifs is 4. The van der Waals surface area contributed by atoms with Crippen molar-refractivity contribution in [2.45, 2.75) is 51.1 Å². The fraction of sp³-hybridized carbons (Fsp3) is 0.520. The van der Waals surface area contributed by atoms with Crippen molar-refractivity contribution in [3.63, 3.8) is 0 Å². The molecule has 1 N–H and O–H groups in total. The van der Waals surface area contributed by atoms with Crippen molar-refractivity contribution in [2.75, 3.05) is 19.6 Å². The van der Waals surface area contributed by atoms with Crippen LogP contribution in [0.4, 0.5) is 0 Å². The first kappa shape index (κ1) is 19.6. The fourth-order valence-electron chi connectivity index (χ4n) is 6.10. The zero-order valence-corrected chi connectivity index (χ0v) is 17.7. The van der Waals surface area contributed by atoms with E-state index in [0.717, 1.165) is 25.2 Å². The average Bonchev–Trinajstić information content (AvgIpc) is 2.78. The highest BCUT2D eigenvalue weighted by atomic mass is 16.3. The molecule has 5 heteroatoms. The third kappa shape index (κ3) is 3.60. The van der Waals surface area contributed by atoms with E-state index in [4.69, 9.17) is 0 Å². The molecule has 4 heterocycles. The van der Waals surface area contributed by atoms with Gasteiger partial charge in [0.1, 0.15) is 5.75 Å². The van der Waals surface area contributed by atoms with Gasteiger partial charge < -0.3 is 10.0 Å². The lowest BCUT2D eigenvalue weighted by Crippen LogP contribution is -2.64. The third-order valence-electron chi connectivity index (χ3n) is 7.45. The van der Waals surface area contributed by atoms with Gasteiger partial charge in [-0.3, -0.25) is 14.7 Å². The van der Waals surface area contributed by atoms with Crippen LogP contribution in [0.5, 0.6) is 5.75 Å². The van der Waals surface area contributed by atoms with Gasteiger partial charge in [-0.15, -0.1) is 0 Å². The minimum Gasteiger partial charge on any atom is -0.505 e. The molecule has 5 nitrogen and oxygen atoms in total. The van der Waals surface area contributed by atoms with Crippen LogP contribution in [0.3, 0.4) is 0 Å². The van der Waals surface area contributed by atoms with E-state index in [9.17, 15) is 9.90 Å². The first-order valence-corrected chi connectivity index (χ1v) is 11.3. The summed E-state index contributed by atoms with van der Waals surface area (Å²) in [5, 5.41) is 10.3. The maximum absolute atomic E-state index is 13.4. The van der Waals surface area contributed by atoms with Gasteiger partial charge in [0.25, 0.3) is 5.91 Å². The molecule has 3 aliphatic rings. The predicted octanol–water partition coefficient (Wildman–Crippen LogP) is 3.65. The van der Waals surface area contributed by atoms with Gasteiger partial charge in [-0.05, 0) is 62.6 Å². The third-order valence-corrected chi connectivity index (χ3v) is 7.45. The molecule has 0 aliphatic carbocycles. The van der Waals surface area contributed by atoms with Crippen LogP contribution in [-0.2, 0) is 6.42 Å². The molecule has 1 aromatic carbocycles. The van der Waals surface area contributed by atoms with E-state index in [1.54, 1.807) is 6.07 Å². The molecule has 3 fully saturated rings. The van der Waals surface area contributed by atoms with Crippen molar-refractivity contribution in [3.05, 3.63) is 59.4 Å². The number of hydrogen-bond acceptors (Lipinski definition) is 4. The molecule has 1 amide bonds. The first-order valence-electron chi connectivity index (χ1n) is 11.3. The normalized spacial score (nSPS) is 28.8. The van der Waals surface area contributed by atoms with Gasteiger partial charge in [0.15, 0.2) is 0 Å². The lowest BCUT2D eigenvalue weighted by atomic mass is 9.71. The summed E-state index contributed by atoms with van der Waals surface area (Å²) in [6, 6.07) is 13.6. The molecule has 30 heavy (non-hydrogen) atoms. The summed E-state index contributed by atoms with van der Waals surface area (Å²) in [5.74, 6) is 0.953. The van der Waals surface area contributed by atoms with Crippen LogP contribution in [0.15, 0.2) is 42.6 Å². The highest BCUT2D eigenvalue weighted by Crippen LogP contribution is 2.42. The van der Waals surface area contributed by atoms with Crippen LogP contribution >= 0.6 is 0 Å². The Bertz CT molecular complexity index is 916. The number of nitrogens with zero attached hydrogens (tertiary/aromatic N) is 3. The molecule has 0 unspecified atom stereocenters. The van der Waals surface area contributed by atoms with E-state index >= 15 is 0 Å². The number of aryl methyl sites for hydroxylation is 1. The second-order valence-electron chi connectivity index (χ2n) is 9.37. The van der Waals surface area contributed by atoms with Gasteiger partial charge in [-0.2, -0.15) is 0 Å². The number of carbonyl (C=O) groups is 1. The second-order valence-corrected chi connectivity index (χ2v) is 9.37. The number of piperidine rings is 3. The van der Waals surface area contributed by atoms with Crippen molar-refractivity contribution in [1.29, 1.82) is 0 Å². The van der Waals surface area contributed by atoms with Gasteiger partial charge in [0, 0.05) is 30.9 Å². The molecule has 2 aromatic rings. The number of benzene rings is 1. The molecule has 5 rings (SSSR count). The predicted molar refractivity (Wildman–Crippen MR) is 116 cm³/mol. The molecule has 0 saturated carbocycles. The molecule has 1 aromatic heterocycles. The molecule has 4 atom stereocenters. The maximum atomic E-state index is 13.4. The number of hydrogen-bond donors (Lipinski definition) is 1. The Morgan fingerprint density at radius 3 is 2.80 bits per heavy atom. The Kier molecular flexibility index (Phi) is 5.23. The molecule has 0 spiro atoms. The second kappa shape index (κ2) is 8.03. The van der Waals surface area contributed by atoms with Crippen molar-refractivity contribution in [2.24, 2.45) is 11.8 Å². The summed E-state index contributed by atoms with van der Waals surface area (Å²) in [7, 11) is 0. The van der Waals surface area contributed by atoms with Crippen LogP contribution in [0, 0.1) is 18.8 Å². The molecular weight excluding hydrogens is 374 g/mol. The summed E-state index contributed by atoms with van der Waals surface area (Å²) >= 11 is 0. The number of amides is 1. The summed E-state index contributed by atoms with van der Waals surface area (Å²) < 4.78 is 0. The lowest BCUT2D eigenvalue weighted by Gasteiger charge is -2.57. The topological polar surface area (TPSA) is 56.7 Å². The molecule has 3 aliphatic heterocycles. The minimum atomic E-state index is -0.0459. The largest absolute Gasteiger partial charge is 0.505 e. The van der Waals surface area contributed by atoms with Gasteiger partial charge in [0.2, 0.25) is 0 Å². The Balaban J connectivity index is 1.42. The molecule has 158 valence electrons. The van der Waals surface area contributed by atoms with Crippen LogP contribution in [0.25, 0.3) is 0 Å². The highest BCUT2D eigenvalue weighted by molar-refractivity contribution is 5.96. The first-order chi connectivity index (χ1) is 14.6. The molecule has 0 radical (unpaired) electrons. The quantitative estimate of drug-likeness (QED) is 0.847. The van der Waals surface area contributed by atoms with Crippen LogP contribution in [-0.4, -0.2) is 57.5 Å². The zero-order chi connectivity index (χ0) is 20.7. The fourth-order valence-corrected chi connectivity index (χ4v) is 6.10. The number of aromatic nitrogens is 1. The number of aromatic hydroxyl groups is 1. The van der Waals surface area contributed by atoms with Crippen LogP contribution in [0.2, 0.25) is 0 Å². The van der Waals surface area contributed by atoms with Crippen molar-refractivity contribution in [1.82, 2.24) is 14.8 Å². The molecular formula is C25H31N3O2. The van der Waals surface area contributed by atoms with Crippen molar-refractivity contribution in [3.8, 4) is 5.75 Å². The summed E-state index contributed by atoms with van der Waals surface area (Å²) in [4.78, 5) is 22.3. The van der Waals surface area contributed by atoms with Crippen LogP contribution in [0.1, 0.15) is 47.3 Å². The molecule has 3 saturated heterocycles. The average molecular weight is 406 g/mol. The number of pyridine rings is 1. The monoisotopic (exact) mass is 405 g/mol. The minimum absolute atomic E-state index is 0.0125. The standard InChI is InChI=1S/C25H31N3O2/c1-17-11-21(24(29)14-26-17)25(30)27-15-19-13-20(16-27)23(12-18-7-3-2-4-8-18)28-10-6-5-9-22(19)28/h2-4,7-8,11,14,19-20,22-23,29H,5-6,9-10,12-13,15-16H2,1H3/t19-,20+,22+,23+/m1/s1. The number of likely N-dealkylation sites (tertiary alicyclic amines) is 1. The Hall–Kier alpha value is -2.40. The van der Waals surface area contributed by atoms with E-state index in [1.165, 1.54) is 44.0 Å². The number of rotatable bonds is 3. The molecule has 2 bridgehead atoms. The van der Waals surface area contributed by atoms with E-state index in [2.05, 4.69) is 40.2 Å².